The van der Waals surface area contributed by atoms with Crippen LogP contribution in [0.2, 0.25) is 0 Å². The van der Waals surface area contributed by atoms with Gasteiger partial charge in [0.2, 0.25) is 0 Å². The van der Waals surface area contributed by atoms with Crippen molar-refractivity contribution in [3.63, 3.8) is 0 Å². The normalized spacial score (nSPS) is 23.1. The van der Waals surface area contributed by atoms with Crippen molar-refractivity contribution in [1.29, 1.82) is 0 Å². The molecule has 0 spiro atoms. The van der Waals surface area contributed by atoms with Gasteiger partial charge >= 0.3 is 0 Å². The Balaban J connectivity index is 2.00. The third-order valence-electron chi connectivity index (χ3n) is 3.82. The number of rotatable bonds is 3. The molecule has 1 aromatic heterocycles. The van der Waals surface area contributed by atoms with E-state index in [0.717, 1.165) is 23.9 Å². The summed E-state index contributed by atoms with van der Waals surface area (Å²) in [4.78, 5) is 18.9. The summed E-state index contributed by atoms with van der Waals surface area (Å²) >= 11 is 1.35. The van der Waals surface area contributed by atoms with E-state index in [0.29, 0.717) is 10.7 Å². The molecule has 1 heterocycles. The van der Waals surface area contributed by atoms with E-state index >= 15 is 0 Å². The van der Waals surface area contributed by atoms with E-state index in [2.05, 4.69) is 17.2 Å². The average molecular weight is 296 g/mol. The molecule has 0 bridgehead atoms. The fraction of sp³-hybridized carbons (Fsp3) is 0.714. The molecule has 112 valence electrons. The van der Waals surface area contributed by atoms with Crippen LogP contribution in [0, 0.1) is 5.92 Å². The molecule has 1 aliphatic carbocycles. The van der Waals surface area contributed by atoms with Crippen LogP contribution in [0.3, 0.4) is 0 Å². The molecular formula is C14H24N4OS. The zero-order valence-corrected chi connectivity index (χ0v) is 13.3. The molecular weight excluding hydrogens is 272 g/mol. The van der Waals surface area contributed by atoms with Gasteiger partial charge in [-0.3, -0.25) is 4.79 Å². The Hall–Kier alpha value is -1.30. The van der Waals surface area contributed by atoms with Crippen LogP contribution in [0.4, 0.5) is 10.9 Å². The van der Waals surface area contributed by atoms with Gasteiger partial charge < -0.3 is 16.0 Å². The van der Waals surface area contributed by atoms with Gasteiger partial charge in [-0.25, -0.2) is 4.98 Å². The van der Waals surface area contributed by atoms with Gasteiger partial charge in [-0.15, -0.1) is 0 Å². The second kappa shape index (κ2) is 6.43. The molecule has 0 radical (unpaired) electrons. The number of carbonyl (C=O) groups excluding carboxylic acids is 1. The lowest BCUT2D eigenvalue weighted by molar-refractivity contribution is 0.0938. The molecule has 6 heteroatoms. The fourth-order valence-electron chi connectivity index (χ4n) is 2.56. The average Bonchev–Trinajstić information content (AvgIpc) is 2.66. The van der Waals surface area contributed by atoms with Crippen molar-refractivity contribution in [2.45, 2.75) is 45.1 Å². The Morgan fingerprint density at radius 1 is 1.35 bits per heavy atom. The van der Waals surface area contributed by atoms with Gasteiger partial charge in [0, 0.05) is 20.1 Å². The molecule has 2 atom stereocenters. The van der Waals surface area contributed by atoms with Crippen LogP contribution in [0.15, 0.2) is 0 Å². The molecule has 1 aliphatic rings. The molecule has 0 saturated heterocycles. The van der Waals surface area contributed by atoms with Crippen LogP contribution in [0.1, 0.15) is 48.7 Å². The Kier molecular flexibility index (Phi) is 4.86. The van der Waals surface area contributed by atoms with Gasteiger partial charge in [-0.1, -0.05) is 31.1 Å². The van der Waals surface area contributed by atoms with Crippen LogP contribution in [-0.4, -0.2) is 31.0 Å². The monoisotopic (exact) mass is 296 g/mol. The summed E-state index contributed by atoms with van der Waals surface area (Å²) in [5.41, 5.74) is 5.85. The quantitative estimate of drug-likeness (QED) is 0.841. The lowest BCUT2D eigenvalue weighted by Crippen LogP contribution is -2.34. The van der Waals surface area contributed by atoms with E-state index in [-0.39, 0.29) is 11.9 Å². The predicted molar refractivity (Wildman–Crippen MR) is 84.4 cm³/mol. The molecule has 1 amide bonds. The number of hydrogen-bond acceptors (Lipinski definition) is 5. The second-order valence-corrected chi connectivity index (χ2v) is 6.87. The Morgan fingerprint density at radius 3 is 2.75 bits per heavy atom. The van der Waals surface area contributed by atoms with E-state index in [1.54, 1.807) is 0 Å². The summed E-state index contributed by atoms with van der Waals surface area (Å²) in [6.07, 6.45) is 5.76. The first-order valence-corrected chi connectivity index (χ1v) is 8.03. The van der Waals surface area contributed by atoms with Gasteiger partial charge in [-0.05, 0) is 25.2 Å². The standard InChI is InChI=1S/C14H24N4OS/c1-9-5-4-6-10(8-7-9)16-13(19)11-12(15)17-14(20-11)18(2)3/h9-10H,4-8,15H2,1-3H3,(H,16,19). The van der Waals surface area contributed by atoms with Crippen molar-refractivity contribution in [3.8, 4) is 0 Å². The summed E-state index contributed by atoms with van der Waals surface area (Å²) < 4.78 is 0. The third kappa shape index (κ3) is 3.62. The SMILES string of the molecule is CC1CCCC(NC(=O)c2sc(N(C)C)nc2N)CC1. The van der Waals surface area contributed by atoms with Gasteiger partial charge in [-0.2, -0.15) is 0 Å². The highest BCUT2D eigenvalue weighted by atomic mass is 32.1. The van der Waals surface area contributed by atoms with E-state index < -0.39 is 0 Å². The van der Waals surface area contributed by atoms with Crippen LogP contribution < -0.4 is 16.0 Å². The van der Waals surface area contributed by atoms with E-state index in [4.69, 9.17) is 5.73 Å². The van der Waals surface area contributed by atoms with Gasteiger partial charge in [0.05, 0.1) is 0 Å². The minimum atomic E-state index is -0.0762. The number of nitrogens with zero attached hydrogens (tertiary/aromatic N) is 2. The number of nitrogens with two attached hydrogens (primary N) is 1. The maximum atomic E-state index is 12.3. The molecule has 1 aromatic rings. The minimum absolute atomic E-state index is 0.0762. The topological polar surface area (TPSA) is 71.2 Å². The molecule has 0 aromatic carbocycles. The van der Waals surface area contributed by atoms with Crippen molar-refractivity contribution in [3.05, 3.63) is 4.88 Å². The number of thiazole rings is 1. The minimum Gasteiger partial charge on any atom is -0.382 e. The van der Waals surface area contributed by atoms with Crippen molar-refractivity contribution in [1.82, 2.24) is 10.3 Å². The highest BCUT2D eigenvalue weighted by molar-refractivity contribution is 7.18. The number of nitrogens with one attached hydrogen (secondary N) is 1. The molecule has 5 nitrogen and oxygen atoms in total. The Morgan fingerprint density at radius 2 is 2.10 bits per heavy atom. The highest BCUT2D eigenvalue weighted by Gasteiger charge is 2.22. The molecule has 20 heavy (non-hydrogen) atoms. The zero-order chi connectivity index (χ0) is 14.7. The molecule has 3 N–H and O–H groups in total. The first kappa shape index (κ1) is 15.1. The summed E-state index contributed by atoms with van der Waals surface area (Å²) in [5, 5.41) is 3.89. The number of anilines is 2. The van der Waals surface area contributed by atoms with Crippen molar-refractivity contribution >= 4 is 28.2 Å². The van der Waals surface area contributed by atoms with Gasteiger partial charge in [0.1, 0.15) is 10.7 Å². The summed E-state index contributed by atoms with van der Waals surface area (Å²) in [5.74, 6) is 1.02. The molecule has 1 saturated carbocycles. The van der Waals surface area contributed by atoms with E-state index in [9.17, 15) is 4.79 Å². The number of amides is 1. The van der Waals surface area contributed by atoms with Crippen molar-refractivity contribution in [2.75, 3.05) is 24.7 Å². The van der Waals surface area contributed by atoms with Crippen LogP contribution >= 0.6 is 11.3 Å². The molecule has 2 rings (SSSR count). The lowest BCUT2D eigenvalue weighted by atomic mass is 10.0. The van der Waals surface area contributed by atoms with Crippen LogP contribution in [0.5, 0.6) is 0 Å². The maximum absolute atomic E-state index is 12.3. The first-order chi connectivity index (χ1) is 9.47. The first-order valence-electron chi connectivity index (χ1n) is 7.22. The highest BCUT2D eigenvalue weighted by Crippen LogP contribution is 2.28. The van der Waals surface area contributed by atoms with Crippen LogP contribution in [-0.2, 0) is 0 Å². The number of nitrogen functional groups attached to an aromatic ring is 1. The molecule has 0 aliphatic heterocycles. The van der Waals surface area contributed by atoms with Crippen molar-refractivity contribution < 1.29 is 4.79 Å². The van der Waals surface area contributed by atoms with Crippen molar-refractivity contribution in [2.24, 2.45) is 5.92 Å². The van der Waals surface area contributed by atoms with E-state index in [1.807, 2.05) is 19.0 Å². The fourth-order valence-corrected chi connectivity index (χ4v) is 3.37. The largest absolute Gasteiger partial charge is 0.382 e. The van der Waals surface area contributed by atoms with Gasteiger partial charge in [0.15, 0.2) is 5.13 Å². The zero-order valence-electron chi connectivity index (χ0n) is 12.5. The summed E-state index contributed by atoms with van der Waals surface area (Å²) in [6, 6.07) is 0.275. The number of carbonyl (C=O) groups is 1. The third-order valence-corrected chi connectivity index (χ3v) is 5.06. The number of aromatic nitrogens is 1. The molecule has 2 unspecified atom stereocenters. The van der Waals surface area contributed by atoms with E-state index in [1.165, 1.54) is 30.6 Å². The predicted octanol–water partition coefficient (Wildman–Crippen LogP) is 2.49. The summed E-state index contributed by atoms with van der Waals surface area (Å²) in [7, 11) is 3.79. The Labute approximate surface area is 124 Å². The second-order valence-electron chi connectivity index (χ2n) is 5.89. The smallest absolute Gasteiger partial charge is 0.265 e. The molecule has 1 fully saturated rings. The number of hydrogen-bond donors (Lipinski definition) is 2. The lowest BCUT2D eigenvalue weighted by Gasteiger charge is -2.15. The Bertz CT molecular complexity index is 472. The van der Waals surface area contributed by atoms with Crippen LogP contribution in [0.25, 0.3) is 0 Å². The van der Waals surface area contributed by atoms with Gasteiger partial charge in [0.25, 0.3) is 5.91 Å². The maximum Gasteiger partial charge on any atom is 0.265 e. The summed E-state index contributed by atoms with van der Waals surface area (Å²) in [6.45, 7) is 2.29.